The molecule has 0 spiro atoms. The van der Waals surface area contributed by atoms with Crippen LogP contribution >= 0.6 is 0 Å². The van der Waals surface area contributed by atoms with Gasteiger partial charge in [0.05, 0.1) is 5.56 Å². The Morgan fingerprint density at radius 2 is 1.36 bits per heavy atom. The van der Waals surface area contributed by atoms with Crippen LogP contribution in [0.3, 0.4) is 0 Å². The van der Waals surface area contributed by atoms with Crippen LogP contribution < -0.4 is 0 Å². The zero-order valence-corrected chi connectivity index (χ0v) is 13.7. The number of hydrogen-bond acceptors (Lipinski definition) is 1. The first-order valence-electron chi connectivity index (χ1n) is 8.49. The van der Waals surface area contributed by atoms with E-state index in [1.807, 2.05) is 18.2 Å². The van der Waals surface area contributed by atoms with Crippen molar-refractivity contribution in [2.45, 2.75) is 6.42 Å². The van der Waals surface area contributed by atoms with Crippen LogP contribution in [0.25, 0.3) is 33.0 Å². The van der Waals surface area contributed by atoms with Crippen LogP contribution in [0, 0.1) is 11.3 Å². The number of fused-ring (bicyclic) bond motifs is 4. The van der Waals surface area contributed by atoms with Gasteiger partial charge in [0.1, 0.15) is 6.07 Å². The van der Waals surface area contributed by atoms with Crippen molar-refractivity contribution in [3.05, 3.63) is 95.6 Å². The Kier molecular flexibility index (Phi) is 2.99. The Morgan fingerprint density at radius 3 is 2.24 bits per heavy atom. The molecule has 0 fully saturated rings. The molecule has 0 saturated carbocycles. The molecule has 1 aliphatic carbocycles. The van der Waals surface area contributed by atoms with Gasteiger partial charge in [0.2, 0.25) is 0 Å². The van der Waals surface area contributed by atoms with E-state index < -0.39 is 0 Å². The number of hydrogen-bond donors (Lipinski definition) is 0. The second-order valence-electron chi connectivity index (χ2n) is 6.49. The molecule has 4 aromatic carbocycles. The molecule has 0 heterocycles. The van der Waals surface area contributed by atoms with E-state index in [4.69, 9.17) is 0 Å². The molecular formula is C24H15N. The molecule has 0 amide bonds. The smallest absolute Gasteiger partial charge is 0.100 e. The third kappa shape index (κ3) is 2.01. The number of nitriles is 1. The average Bonchev–Trinajstić information content (AvgIpc) is 3.06. The fourth-order valence-electron chi connectivity index (χ4n) is 4.03. The summed E-state index contributed by atoms with van der Waals surface area (Å²) in [6.07, 6.45) is 0.930. The van der Waals surface area contributed by atoms with Gasteiger partial charge < -0.3 is 0 Å². The van der Waals surface area contributed by atoms with Gasteiger partial charge in [-0.05, 0) is 39.6 Å². The van der Waals surface area contributed by atoms with Crippen LogP contribution in [0.4, 0.5) is 0 Å². The monoisotopic (exact) mass is 317 g/mol. The van der Waals surface area contributed by atoms with Crippen molar-refractivity contribution in [3.63, 3.8) is 0 Å². The van der Waals surface area contributed by atoms with Crippen molar-refractivity contribution in [1.82, 2.24) is 0 Å². The maximum Gasteiger partial charge on any atom is 0.100 e. The molecule has 0 aromatic heterocycles. The van der Waals surface area contributed by atoms with Crippen molar-refractivity contribution in [2.24, 2.45) is 0 Å². The summed E-state index contributed by atoms with van der Waals surface area (Å²) >= 11 is 0. The van der Waals surface area contributed by atoms with Gasteiger partial charge in [-0.25, -0.2) is 0 Å². The summed E-state index contributed by atoms with van der Waals surface area (Å²) in [7, 11) is 0. The van der Waals surface area contributed by atoms with Gasteiger partial charge in [-0.3, -0.25) is 0 Å². The molecular weight excluding hydrogens is 302 g/mol. The maximum absolute atomic E-state index is 9.85. The second kappa shape index (κ2) is 5.33. The minimum Gasteiger partial charge on any atom is -0.192 e. The zero-order valence-electron chi connectivity index (χ0n) is 13.7. The van der Waals surface area contributed by atoms with Gasteiger partial charge in [0.25, 0.3) is 0 Å². The maximum atomic E-state index is 9.85. The predicted molar refractivity (Wildman–Crippen MR) is 102 cm³/mol. The third-order valence-electron chi connectivity index (χ3n) is 5.18. The van der Waals surface area contributed by atoms with Crippen molar-refractivity contribution in [3.8, 4) is 28.3 Å². The van der Waals surface area contributed by atoms with E-state index in [0.717, 1.165) is 28.3 Å². The molecule has 0 atom stereocenters. The quantitative estimate of drug-likeness (QED) is 0.375. The van der Waals surface area contributed by atoms with Crippen molar-refractivity contribution >= 4 is 10.8 Å². The predicted octanol–water partition coefficient (Wildman–Crippen LogP) is 5.95. The summed E-state index contributed by atoms with van der Waals surface area (Å²) in [5.41, 5.74) is 8.29. The van der Waals surface area contributed by atoms with Crippen molar-refractivity contribution in [2.75, 3.05) is 0 Å². The highest BCUT2D eigenvalue weighted by atomic mass is 14.3. The van der Waals surface area contributed by atoms with E-state index in [1.165, 1.54) is 27.8 Å². The lowest BCUT2D eigenvalue weighted by atomic mass is 9.90. The summed E-state index contributed by atoms with van der Waals surface area (Å²) in [6, 6.07) is 29.8. The lowest BCUT2D eigenvalue weighted by Crippen LogP contribution is -1.92. The molecule has 0 N–H and O–H groups in total. The number of rotatable bonds is 1. The van der Waals surface area contributed by atoms with Crippen LogP contribution in [0.1, 0.15) is 16.7 Å². The first kappa shape index (κ1) is 14.0. The van der Waals surface area contributed by atoms with Crippen LogP contribution in [0.2, 0.25) is 0 Å². The Balaban J connectivity index is 1.80. The number of benzene rings is 4. The molecule has 1 nitrogen and oxygen atoms in total. The Morgan fingerprint density at radius 1 is 0.640 bits per heavy atom. The Labute approximate surface area is 146 Å². The molecule has 4 aromatic rings. The SMILES string of the molecule is N#Cc1c(-c2cccc3c2Cc2ccccc2-3)ccc2ccccc12. The molecule has 0 bridgehead atoms. The lowest BCUT2D eigenvalue weighted by Gasteiger charge is -2.12. The molecule has 1 heteroatoms. The van der Waals surface area contributed by atoms with E-state index in [-0.39, 0.29) is 0 Å². The summed E-state index contributed by atoms with van der Waals surface area (Å²) in [6.45, 7) is 0. The molecule has 116 valence electrons. The van der Waals surface area contributed by atoms with Crippen LogP contribution in [-0.2, 0) is 6.42 Å². The second-order valence-corrected chi connectivity index (χ2v) is 6.49. The molecule has 0 radical (unpaired) electrons. The topological polar surface area (TPSA) is 23.8 Å². The number of nitrogens with zero attached hydrogens (tertiary/aromatic N) is 1. The van der Waals surface area contributed by atoms with Crippen LogP contribution in [0.5, 0.6) is 0 Å². The first-order chi connectivity index (χ1) is 12.4. The molecule has 1 aliphatic rings. The zero-order chi connectivity index (χ0) is 16.8. The third-order valence-corrected chi connectivity index (χ3v) is 5.18. The van der Waals surface area contributed by atoms with E-state index in [1.54, 1.807) is 0 Å². The fourth-order valence-corrected chi connectivity index (χ4v) is 4.03. The molecule has 25 heavy (non-hydrogen) atoms. The van der Waals surface area contributed by atoms with Crippen LogP contribution in [0.15, 0.2) is 78.9 Å². The van der Waals surface area contributed by atoms with Crippen molar-refractivity contribution in [1.29, 1.82) is 5.26 Å². The van der Waals surface area contributed by atoms with Gasteiger partial charge in [0, 0.05) is 10.9 Å². The summed E-state index contributed by atoms with van der Waals surface area (Å²) in [4.78, 5) is 0. The summed E-state index contributed by atoms with van der Waals surface area (Å²) < 4.78 is 0. The standard InChI is InChI=1S/C24H15N/c25-15-24-18-8-3-1-6-16(18)12-13-22(24)21-11-5-10-20-19-9-4-2-7-17(19)14-23(20)21/h1-13H,14H2. The van der Waals surface area contributed by atoms with E-state index in [2.05, 4.69) is 66.7 Å². The van der Waals surface area contributed by atoms with Gasteiger partial charge in [-0.2, -0.15) is 5.26 Å². The Bertz CT molecular complexity index is 1180. The lowest BCUT2D eigenvalue weighted by molar-refractivity contribution is 1.26. The molecule has 0 saturated heterocycles. The highest BCUT2D eigenvalue weighted by Gasteiger charge is 2.22. The van der Waals surface area contributed by atoms with Crippen molar-refractivity contribution < 1.29 is 0 Å². The molecule has 0 aliphatic heterocycles. The van der Waals surface area contributed by atoms with Gasteiger partial charge in [-0.15, -0.1) is 0 Å². The first-order valence-corrected chi connectivity index (χ1v) is 8.49. The summed E-state index contributed by atoms with van der Waals surface area (Å²) in [5.74, 6) is 0. The highest BCUT2D eigenvalue weighted by molar-refractivity contribution is 5.96. The average molecular weight is 317 g/mol. The van der Waals surface area contributed by atoms with Gasteiger partial charge in [-0.1, -0.05) is 78.9 Å². The molecule has 5 rings (SSSR count). The largest absolute Gasteiger partial charge is 0.192 e. The fraction of sp³-hybridized carbons (Fsp3) is 0.0417. The normalized spacial score (nSPS) is 11.8. The minimum atomic E-state index is 0.766. The van der Waals surface area contributed by atoms with Gasteiger partial charge >= 0.3 is 0 Å². The van der Waals surface area contributed by atoms with E-state index in [0.29, 0.717) is 0 Å². The van der Waals surface area contributed by atoms with Gasteiger partial charge in [0.15, 0.2) is 0 Å². The van der Waals surface area contributed by atoms with Crippen LogP contribution in [-0.4, -0.2) is 0 Å². The molecule has 0 unspecified atom stereocenters. The van der Waals surface area contributed by atoms with E-state index in [9.17, 15) is 5.26 Å². The Hall–Kier alpha value is -3.37. The van der Waals surface area contributed by atoms with E-state index >= 15 is 0 Å². The minimum absolute atomic E-state index is 0.766. The summed E-state index contributed by atoms with van der Waals surface area (Å²) in [5, 5.41) is 12.0. The highest BCUT2D eigenvalue weighted by Crippen LogP contribution is 2.42.